The molecule has 7 nitrogen and oxygen atoms in total. The number of thioether (sulfide) groups is 1. The van der Waals surface area contributed by atoms with Gasteiger partial charge in [0.2, 0.25) is 11.0 Å². The minimum absolute atomic E-state index is 0.0194. The molecule has 1 amide bonds. The lowest BCUT2D eigenvalue weighted by Gasteiger charge is -2.07. The zero-order valence-electron chi connectivity index (χ0n) is 14.4. The Balaban J connectivity index is 1.51. The number of aryl methyl sites for hydroxylation is 3. The van der Waals surface area contributed by atoms with Gasteiger partial charge in [0.05, 0.1) is 11.1 Å². The summed E-state index contributed by atoms with van der Waals surface area (Å²) < 4.78 is 1.55. The van der Waals surface area contributed by atoms with Crippen LogP contribution in [0.4, 0.5) is 5.13 Å². The Morgan fingerprint density at radius 1 is 1.31 bits per heavy atom. The van der Waals surface area contributed by atoms with Crippen molar-refractivity contribution < 1.29 is 4.79 Å². The number of hydrogen-bond donors (Lipinski definition) is 1. The standard InChI is InChI=1S/C16H17N5O2S3/c1-3-11-19-20-15(26-11)17-10(22)7-24-16-18-13-12(14(23)21(16)2)8-5-4-6-9(8)25-13/h3-7H2,1-2H3,(H,17,20,22). The van der Waals surface area contributed by atoms with Crippen LogP contribution in [0.3, 0.4) is 0 Å². The number of rotatable bonds is 5. The molecule has 0 atom stereocenters. The third kappa shape index (κ3) is 3.17. The Kier molecular flexibility index (Phi) is 4.80. The molecule has 3 aromatic heterocycles. The fraction of sp³-hybridized carbons (Fsp3) is 0.438. The normalized spacial score (nSPS) is 13.3. The molecule has 0 spiro atoms. The van der Waals surface area contributed by atoms with Crippen molar-refractivity contribution in [3.8, 4) is 0 Å². The van der Waals surface area contributed by atoms with Crippen molar-refractivity contribution in [1.82, 2.24) is 19.7 Å². The highest BCUT2D eigenvalue weighted by molar-refractivity contribution is 7.99. The Morgan fingerprint density at radius 2 is 2.15 bits per heavy atom. The topological polar surface area (TPSA) is 89.8 Å². The maximum atomic E-state index is 12.7. The van der Waals surface area contributed by atoms with Crippen LogP contribution in [0.15, 0.2) is 9.95 Å². The summed E-state index contributed by atoms with van der Waals surface area (Å²) in [5, 5.41) is 13.4. The fourth-order valence-corrected chi connectivity index (χ4v) is 5.74. The van der Waals surface area contributed by atoms with Gasteiger partial charge in [0, 0.05) is 11.9 Å². The van der Waals surface area contributed by atoms with Crippen LogP contribution in [0.5, 0.6) is 0 Å². The largest absolute Gasteiger partial charge is 0.300 e. The van der Waals surface area contributed by atoms with Gasteiger partial charge in [-0.05, 0) is 31.2 Å². The molecule has 0 radical (unpaired) electrons. The van der Waals surface area contributed by atoms with Crippen LogP contribution in [-0.2, 0) is 31.1 Å². The summed E-state index contributed by atoms with van der Waals surface area (Å²) in [6.45, 7) is 1.99. The van der Waals surface area contributed by atoms with E-state index in [0.717, 1.165) is 40.9 Å². The number of anilines is 1. The molecule has 1 aliphatic carbocycles. The highest BCUT2D eigenvalue weighted by atomic mass is 32.2. The molecule has 4 rings (SSSR count). The summed E-state index contributed by atoms with van der Waals surface area (Å²) in [5.74, 6) is -0.0189. The molecule has 1 aliphatic rings. The maximum absolute atomic E-state index is 12.7. The van der Waals surface area contributed by atoms with E-state index >= 15 is 0 Å². The van der Waals surface area contributed by atoms with E-state index in [0.29, 0.717) is 10.3 Å². The number of carbonyl (C=O) groups is 1. The van der Waals surface area contributed by atoms with Crippen molar-refractivity contribution in [1.29, 1.82) is 0 Å². The number of carbonyl (C=O) groups excluding carboxylic acids is 1. The van der Waals surface area contributed by atoms with Crippen molar-refractivity contribution >= 4 is 55.7 Å². The molecule has 0 aliphatic heterocycles. The summed E-state index contributed by atoms with van der Waals surface area (Å²) in [6.07, 6.45) is 3.90. The van der Waals surface area contributed by atoms with Gasteiger partial charge in [-0.3, -0.25) is 19.5 Å². The molecule has 0 unspecified atom stereocenters. The molecule has 3 heterocycles. The summed E-state index contributed by atoms with van der Waals surface area (Å²) in [7, 11) is 1.71. The van der Waals surface area contributed by atoms with E-state index in [2.05, 4.69) is 20.5 Å². The molecule has 26 heavy (non-hydrogen) atoms. The zero-order chi connectivity index (χ0) is 18.3. The lowest BCUT2D eigenvalue weighted by molar-refractivity contribution is -0.113. The van der Waals surface area contributed by atoms with Gasteiger partial charge in [0.15, 0.2) is 5.16 Å². The van der Waals surface area contributed by atoms with E-state index in [4.69, 9.17) is 0 Å². The second-order valence-corrected chi connectivity index (χ2v) is 9.08. The monoisotopic (exact) mass is 407 g/mol. The predicted octanol–water partition coefficient (Wildman–Crippen LogP) is 2.63. The third-order valence-corrected chi connectivity index (χ3v) is 7.45. The van der Waals surface area contributed by atoms with Crippen molar-refractivity contribution in [2.75, 3.05) is 11.1 Å². The van der Waals surface area contributed by atoms with Crippen LogP contribution >= 0.6 is 34.4 Å². The van der Waals surface area contributed by atoms with E-state index in [-0.39, 0.29) is 17.2 Å². The number of amides is 1. The first kappa shape index (κ1) is 17.6. The van der Waals surface area contributed by atoms with Crippen molar-refractivity contribution in [2.24, 2.45) is 7.05 Å². The lowest BCUT2D eigenvalue weighted by Crippen LogP contribution is -2.21. The van der Waals surface area contributed by atoms with Gasteiger partial charge in [0.1, 0.15) is 9.84 Å². The fourth-order valence-electron chi connectivity index (χ4n) is 2.97. The first-order valence-corrected chi connectivity index (χ1v) is 10.9. The molecule has 3 aromatic rings. The molecule has 10 heteroatoms. The van der Waals surface area contributed by atoms with Crippen LogP contribution in [0.25, 0.3) is 10.2 Å². The Morgan fingerprint density at radius 3 is 2.92 bits per heavy atom. The molecule has 1 N–H and O–H groups in total. The van der Waals surface area contributed by atoms with Crippen LogP contribution in [0, 0.1) is 0 Å². The minimum Gasteiger partial charge on any atom is -0.300 e. The second kappa shape index (κ2) is 7.09. The Labute approximate surface area is 161 Å². The van der Waals surface area contributed by atoms with E-state index < -0.39 is 0 Å². The Bertz CT molecular complexity index is 1050. The number of nitrogens with zero attached hydrogens (tertiary/aromatic N) is 4. The van der Waals surface area contributed by atoms with E-state index in [1.807, 2.05) is 6.92 Å². The number of thiophene rings is 1. The zero-order valence-corrected chi connectivity index (χ0v) is 16.8. The summed E-state index contributed by atoms with van der Waals surface area (Å²) in [4.78, 5) is 31.6. The maximum Gasteiger partial charge on any atom is 0.262 e. The van der Waals surface area contributed by atoms with Gasteiger partial charge in [-0.2, -0.15) is 0 Å². The SMILES string of the molecule is CCc1nnc(NC(=O)CSc2nc3sc4c(c3c(=O)n2C)CCC4)s1. The van der Waals surface area contributed by atoms with Gasteiger partial charge < -0.3 is 0 Å². The average Bonchev–Trinajstić information content (AvgIpc) is 3.32. The number of hydrogen-bond acceptors (Lipinski definition) is 8. The molecule has 0 fully saturated rings. The first-order valence-electron chi connectivity index (χ1n) is 8.33. The summed E-state index contributed by atoms with van der Waals surface area (Å²) >= 11 is 4.24. The first-order chi connectivity index (χ1) is 12.6. The quantitative estimate of drug-likeness (QED) is 0.517. The van der Waals surface area contributed by atoms with Crippen molar-refractivity contribution in [2.45, 2.75) is 37.8 Å². The third-order valence-electron chi connectivity index (χ3n) is 4.25. The molecule has 0 aromatic carbocycles. The van der Waals surface area contributed by atoms with Crippen LogP contribution in [0.1, 0.15) is 28.8 Å². The smallest absolute Gasteiger partial charge is 0.262 e. The van der Waals surface area contributed by atoms with Gasteiger partial charge in [0.25, 0.3) is 5.56 Å². The highest BCUT2D eigenvalue weighted by Crippen LogP contribution is 2.35. The van der Waals surface area contributed by atoms with Gasteiger partial charge in [-0.15, -0.1) is 21.5 Å². The lowest BCUT2D eigenvalue weighted by atomic mass is 10.2. The Hall–Kier alpha value is -1.78. The van der Waals surface area contributed by atoms with Gasteiger partial charge in [-0.1, -0.05) is 30.0 Å². The number of aromatic nitrogens is 4. The number of fused-ring (bicyclic) bond motifs is 3. The molecule has 0 bridgehead atoms. The van der Waals surface area contributed by atoms with Crippen LogP contribution in [0.2, 0.25) is 0 Å². The van der Waals surface area contributed by atoms with Crippen molar-refractivity contribution in [3.05, 3.63) is 25.8 Å². The van der Waals surface area contributed by atoms with E-state index in [1.165, 1.54) is 33.5 Å². The van der Waals surface area contributed by atoms with Gasteiger partial charge in [-0.25, -0.2) is 4.98 Å². The second-order valence-electron chi connectivity index (χ2n) is 5.99. The van der Waals surface area contributed by atoms with E-state index in [9.17, 15) is 9.59 Å². The summed E-state index contributed by atoms with van der Waals surface area (Å²) in [6, 6.07) is 0. The summed E-state index contributed by atoms with van der Waals surface area (Å²) in [5.41, 5.74) is 1.16. The van der Waals surface area contributed by atoms with E-state index in [1.54, 1.807) is 23.0 Å². The highest BCUT2D eigenvalue weighted by Gasteiger charge is 2.22. The number of nitrogens with one attached hydrogen (secondary N) is 1. The molecular formula is C16H17N5O2S3. The van der Waals surface area contributed by atoms with Crippen molar-refractivity contribution in [3.63, 3.8) is 0 Å². The minimum atomic E-state index is -0.183. The predicted molar refractivity (Wildman–Crippen MR) is 106 cm³/mol. The average molecular weight is 408 g/mol. The van der Waals surface area contributed by atoms with Crippen LogP contribution in [-0.4, -0.2) is 31.4 Å². The van der Waals surface area contributed by atoms with Crippen LogP contribution < -0.4 is 10.9 Å². The molecule has 0 saturated heterocycles. The molecular weight excluding hydrogens is 390 g/mol. The van der Waals surface area contributed by atoms with Gasteiger partial charge >= 0.3 is 0 Å². The molecule has 136 valence electrons. The molecule has 0 saturated carbocycles.